The molecule has 1 heterocycles. The Morgan fingerprint density at radius 3 is 2.24 bits per heavy atom. The molecule has 0 aliphatic heterocycles. The number of hydrogen-bond acceptors (Lipinski definition) is 3. The van der Waals surface area contributed by atoms with Crippen molar-refractivity contribution in [2.75, 3.05) is 6.54 Å². The maximum atomic E-state index is 5.46. The van der Waals surface area contributed by atoms with Crippen molar-refractivity contribution in [1.29, 1.82) is 0 Å². The van der Waals surface area contributed by atoms with E-state index >= 15 is 0 Å². The topological polar surface area (TPSA) is 51.8 Å². The normalized spacial score (nSPS) is 10.5. The minimum absolute atomic E-state index is 0.684. The van der Waals surface area contributed by atoms with Crippen LogP contribution in [0.2, 0.25) is 0 Å². The van der Waals surface area contributed by atoms with E-state index < -0.39 is 0 Å². The number of nitrogens with zero attached hydrogens (tertiary/aromatic N) is 2. The molecular weight excluding hydrogens is 210 g/mol. The summed E-state index contributed by atoms with van der Waals surface area (Å²) in [5.74, 6) is 0.867. The maximum Gasteiger partial charge on any atom is 0.128 e. The van der Waals surface area contributed by atoms with Crippen LogP contribution in [0, 0.1) is 6.92 Å². The Morgan fingerprint density at radius 2 is 1.65 bits per heavy atom. The van der Waals surface area contributed by atoms with Crippen LogP contribution in [0.5, 0.6) is 0 Å². The van der Waals surface area contributed by atoms with E-state index in [0.717, 1.165) is 29.8 Å². The predicted molar refractivity (Wildman–Crippen MR) is 69.6 cm³/mol. The van der Waals surface area contributed by atoms with E-state index in [1.165, 1.54) is 5.56 Å². The summed E-state index contributed by atoms with van der Waals surface area (Å²) in [5, 5.41) is 0. The molecule has 0 amide bonds. The lowest BCUT2D eigenvalue weighted by molar-refractivity contribution is 0.781. The Balaban J connectivity index is 2.14. The van der Waals surface area contributed by atoms with Crippen molar-refractivity contribution in [1.82, 2.24) is 9.97 Å². The summed E-state index contributed by atoms with van der Waals surface area (Å²) in [5.41, 5.74) is 8.93. The van der Waals surface area contributed by atoms with Crippen molar-refractivity contribution in [2.45, 2.75) is 19.8 Å². The van der Waals surface area contributed by atoms with Gasteiger partial charge in [-0.15, -0.1) is 0 Å². The Kier molecular flexibility index (Phi) is 3.83. The first-order valence-electron chi connectivity index (χ1n) is 5.87. The van der Waals surface area contributed by atoms with Crippen LogP contribution in [0.1, 0.15) is 17.8 Å². The summed E-state index contributed by atoms with van der Waals surface area (Å²) in [6.07, 6.45) is 5.54. The van der Waals surface area contributed by atoms with Crippen LogP contribution in [-0.2, 0) is 6.42 Å². The maximum absolute atomic E-state index is 5.46. The smallest absolute Gasteiger partial charge is 0.128 e. The van der Waals surface area contributed by atoms with E-state index in [2.05, 4.69) is 41.2 Å². The van der Waals surface area contributed by atoms with E-state index in [-0.39, 0.29) is 0 Å². The lowest BCUT2D eigenvalue weighted by Gasteiger charge is -2.03. The Bertz CT molecular complexity index is 460. The van der Waals surface area contributed by atoms with Gasteiger partial charge in [-0.25, -0.2) is 9.97 Å². The third-order valence-corrected chi connectivity index (χ3v) is 2.69. The first kappa shape index (κ1) is 11.7. The van der Waals surface area contributed by atoms with E-state index in [9.17, 15) is 0 Å². The van der Waals surface area contributed by atoms with Crippen LogP contribution in [0.25, 0.3) is 11.1 Å². The highest BCUT2D eigenvalue weighted by Gasteiger charge is 2.00. The molecule has 0 aliphatic rings. The van der Waals surface area contributed by atoms with Crippen LogP contribution >= 0.6 is 0 Å². The average molecular weight is 227 g/mol. The van der Waals surface area contributed by atoms with Gasteiger partial charge in [0.05, 0.1) is 0 Å². The highest BCUT2D eigenvalue weighted by atomic mass is 14.9. The number of rotatable bonds is 4. The van der Waals surface area contributed by atoms with E-state index in [0.29, 0.717) is 6.54 Å². The standard InChI is InChI=1S/C14H17N3/c1-11-4-6-12(7-5-11)13-9-16-14(17-10-13)3-2-8-15/h4-7,9-10H,2-3,8,15H2,1H3. The molecule has 17 heavy (non-hydrogen) atoms. The number of nitrogens with two attached hydrogens (primary N) is 1. The van der Waals surface area contributed by atoms with Crippen LogP contribution in [0.4, 0.5) is 0 Å². The monoisotopic (exact) mass is 227 g/mol. The number of benzene rings is 1. The molecular formula is C14H17N3. The molecule has 1 aromatic heterocycles. The van der Waals surface area contributed by atoms with Gasteiger partial charge < -0.3 is 5.73 Å². The number of aryl methyl sites for hydroxylation is 2. The fourth-order valence-corrected chi connectivity index (χ4v) is 1.64. The zero-order chi connectivity index (χ0) is 12.1. The van der Waals surface area contributed by atoms with E-state index in [1.807, 2.05) is 12.4 Å². The highest BCUT2D eigenvalue weighted by molar-refractivity contribution is 5.61. The van der Waals surface area contributed by atoms with Gasteiger partial charge >= 0.3 is 0 Å². The minimum Gasteiger partial charge on any atom is -0.330 e. The molecule has 0 spiro atoms. The lowest BCUT2D eigenvalue weighted by Crippen LogP contribution is -2.03. The van der Waals surface area contributed by atoms with Gasteiger partial charge in [-0.1, -0.05) is 29.8 Å². The summed E-state index contributed by atoms with van der Waals surface area (Å²) < 4.78 is 0. The van der Waals surface area contributed by atoms with E-state index in [1.54, 1.807) is 0 Å². The van der Waals surface area contributed by atoms with Crippen molar-refractivity contribution >= 4 is 0 Å². The second-order valence-electron chi connectivity index (χ2n) is 4.15. The van der Waals surface area contributed by atoms with Crippen LogP contribution < -0.4 is 5.73 Å². The molecule has 0 radical (unpaired) electrons. The van der Waals surface area contributed by atoms with Crippen LogP contribution in [-0.4, -0.2) is 16.5 Å². The average Bonchev–Trinajstić information content (AvgIpc) is 2.38. The van der Waals surface area contributed by atoms with Crippen molar-refractivity contribution in [3.8, 4) is 11.1 Å². The fraction of sp³-hybridized carbons (Fsp3) is 0.286. The molecule has 3 heteroatoms. The first-order chi connectivity index (χ1) is 8.29. The lowest BCUT2D eigenvalue weighted by atomic mass is 10.1. The molecule has 0 unspecified atom stereocenters. The van der Waals surface area contributed by atoms with Crippen LogP contribution in [0.15, 0.2) is 36.7 Å². The summed E-state index contributed by atoms with van der Waals surface area (Å²) >= 11 is 0. The van der Waals surface area contributed by atoms with Gasteiger partial charge in [0.15, 0.2) is 0 Å². The zero-order valence-corrected chi connectivity index (χ0v) is 10.1. The fourth-order valence-electron chi connectivity index (χ4n) is 1.64. The number of hydrogen-bond donors (Lipinski definition) is 1. The van der Waals surface area contributed by atoms with Crippen molar-refractivity contribution in [3.05, 3.63) is 48.0 Å². The molecule has 0 bridgehead atoms. The largest absolute Gasteiger partial charge is 0.330 e. The van der Waals surface area contributed by atoms with Crippen molar-refractivity contribution < 1.29 is 0 Å². The molecule has 2 aromatic rings. The molecule has 0 atom stereocenters. The van der Waals surface area contributed by atoms with Gasteiger partial charge in [-0.3, -0.25) is 0 Å². The molecule has 2 N–H and O–H groups in total. The quantitative estimate of drug-likeness (QED) is 0.872. The minimum atomic E-state index is 0.684. The van der Waals surface area contributed by atoms with Gasteiger partial charge in [-0.05, 0) is 25.5 Å². The highest BCUT2D eigenvalue weighted by Crippen LogP contribution is 2.17. The molecule has 0 aliphatic carbocycles. The third-order valence-electron chi connectivity index (χ3n) is 2.69. The van der Waals surface area contributed by atoms with E-state index in [4.69, 9.17) is 5.73 Å². The van der Waals surface area contributed by atoms with Gasteiger partial charge in [0, 0.05) is 24.4 Å². The SMILES string of the molecule is Cc1ccc(-c2cnc(CCCN)nc2)cc1. The first-order valence-corrected chi connectivity index (χ1v) is 5.87. The van der Waals surface area contributed by atoms with Crippen molar-refractivity contribution in [2.24, 2.45) is 5.73 Å². The predicted octanol–water partition coefficient (Wildman–Crippen LogP) is 2.34. The Labute approximate surface area is 102 Å². The molecule has 0 saturated carbocycles. The third kappa shape index (κ3) is 3.11. The molecule has 1 aromatic carbocycles. The second kappa shape index (κ2) is 5.55. The summed E-state index contributed by atoms with van der Waals surface area (Å²) in [6.45, 7) is 2.76. The Morgan fingerprint density at radius 1 is 1.00 bits per heavy atom. The molecule has 2 rings (SSSR count). The molecule has 0 saturated heterocycles. The van der Waals surface area contributed by atoms with Gasteiger partial charge in [-0.2, -0.15) is 0 Å². The van der Waals surface area contributed by atoms with Gasteiger partial charge in [0.1, 0.15) is 5.82 Å². The van der Waals surface area contributed by atoms with Crippen molar-refractivity contribution in [3.63, 3.8) is 0 Å². The molecule has 0 fully saturated rings. The summed E-state index contributed by atoms with van der Waals surface area (Å²) in [4.78, 5) is 8.70. The van der Waals surface area contributed by atoms with Crippen LogP contribution in [0.3, 0.4) is 0 Å². The summed E-state index contributed by atoms with van der Waals surface area (Å²) in [6, 6.07) is 8.37. The second-order valence-corrected chi connectivity index (χ2v) is 4.15. The molecule has 3 nitrogen and oxygen atoms in total. The van der Waals surface area contributed by atoms with Gasteiger partial charge in [0.25, 0.3) is 0 Å². The Hall–Kier alpha value is -1.74. The molecule has 88 valence electrons. The van der Waals surface area contributed by atoms with Gasteiger partial charge in [0.2, 0.25) is 0 Å². The zero-order valence-electron chi connectivity index (χ0n) is 10.1. The number of aromatic nitrogens is 2. The summed E-state index contributed by atoms with van der Waals surface area (Å²) in [7, 11) is 0.